The van der Waals surface area contributed by atoms with E-state index in [1.165, 1.54) is 42.5 Å². The number of sulfonamides is 1. The lowest BCUT2D eigenvalue weighted by molar-refractivity contribution is -0.218. The van der Waals surface area contributed by atoms with Gasteiger partial charge in [0.05, 0.1) is 22.1 Å². The summed E-state index contributed by atoms with van der Waals surface area (Å²) in [5, 5.41) is 24.4. The Morgan fingerprint density at radius 2 is 1.83 bits per heavy atom. The number of halogens is 1. The van der Waals surface area contributed by atoms with E-state index in [-0.39, 0.29) is 28.3 Å². The lowest BCUT2D eigenvalue weighted by atomic mass is 9.98. The summed E-state index contributed by atoms with van der Waals surface area (Å²) >= 11 is 6.13. The van der Waals surface area contributed by atoms with Gasteiger partial charge in [0.15, 0.2) is 12.4 Å². The standard InChI is InChI=1S/C30H29ClN4O6S/c1-19-11-21(16-32)14-22(12-19)30(38)25-15-23(31)5-8-27(25)41-18-29(37)33-26-7-6-24(13-20(26)2)42(39,40)34-28(36)17-35-9-3-4-10-35/h5-8,11-15H,3-4,9-10,17-18H2,1-2H3,(H,33,37)(H,34,36)/p-1. The summed E-state index contributed by atoms with van der Waals surface area (Å²) in [6.07, 6.45) is 1.93. The minimum atomic E-state index is -4.21. The monoisotopic (exact) mass is 607 g/mol. The smallest absolute Gasteiger partial charge is 0.281 e. The zero-order valence-corrected chi connectivity index (χ0v) is 24.6. The first-order valence-electron chi connectivity index (χ1n) is 13.1. The number of likely N-dealkylation sites (tertiary alicyclic amines) is 1. The number of ether oxygens (including phenoxy) is 1. The largest absolute Gasteiger partial charge is 0.860 e. The molecule has 1 heterocycles. The minimum Gasteiger partial charge on any atom is -0.860 e. The number of anilines is 1. The van der Waals surface area contributed by atoms with Crippen molar-refractivity contribution in [2.24, 2.45) is 4.40 Å². The van der Waals surface area contributed by atoms with E-state index in [1.54, 1.807) is 26.0 Å². The Morgan fingerprint density at radius 3 is 2.52 bits per heavy atom. The zero-order valence-electron chi connectivity index (χ0n) is 23.0. The third-order valence-corrected chi connectivity index (χ3v) is 8.09. The quantitative estimate of drug-likeness (QED) is 0.208. The number of carbonyl (C=O) groups is 2. The molecule has 218 valence electrons. The molecule has 1 fully saturated rings. The second-order valence-corrected chi connectivity index (χ2v) is 12.0. The van der Waals surface area contributed by atoms with Gasteiger partial charge in [0.2, 0.25) is 0 Å². The first-order valence-corrected chi connectivity index (χ1v) is 14.9. The SMILES string of the molecule is Cc1cc(C#N)cc(C(=O)c2cc(Cl)ccc2OCC(=O)Nc2ccc(S(=O)(=O)/N=C(/[O-])CN3CCCC3)cc2C)c1. The Hall–Kier alpha value is -4.24. The summed E-state index contributed by atoms with van der Waals surface area (Å²) in [6.45, 7) is 4.35. The van der Waals surface area contributed by atoms with Crippen LogP contribution in [0.3, 0.4) is 0 Å². The number of nitriles is 1. The van der Waals surface area contributed by atoms with Gasteiger partial charge in [-0.2, -0.15) is 18.1 Å². The lowest BCUT2D eigenvalue weighted by Crippen LogP contribution is -2.34. The van der Waals surface area contributed by atoms with Crippen LogP contribution < -0.4 is 15.2 Å². The van der Waals surface area contributed by atoms with Crippen molar-refractivity contribution in [2.75, 3.05) is 31.6 Å². The Labute approximate surface area is 249 Å². The van der Waals surface area contributed by atoms with Crippen LogP contribution in [0, 0.1) is 25.2 Å². The number of hydrogen-bond donors (Lipinski definition) is 1. The molecule has 42 heavy (non-hydrogen) atoms. The van der Waals surface area contributed by atoms with Crippen molar-refractivity contribution < 1.29 is 27.9 Å². The molecule has 10 nitrogen and oxygen atoms in total. The highest BCUT2D eigenvalue weighted by Crippen LogP contribution is 2.27. The van der Waals surface area contributed by atoms with Gasteiger partial charge < -0.3 is 15.2 Å². The van der Waals surface area contributed by atoms with Gasteiger partial charge in [0, 0.05) is 22.8 Å². The highest BCUT2D eigenvalue weighted by atomic mass is 35.5. The number of benzene rings is 3. The number of rotatable bonds is 10. The average molecular weight is 608 g/mol. The summed E-state index contributed by atoms with van der Waals surface area (Å²) < 4.78 is 34.4. The van der Waals surface area contributed by atoms with Crippen molar-refractivity contribution in [1.82, 2.24) is 4.90 Å². The molecule has 1 aliphatic rings. The Bertz CT molecular complexity index is 1710. The highest BCUT2D eigenvalue weighted by molar-refractivity contribution is 7.90. The number of hydrogen-bond acceptors (Lipinski definition) is 8. The maximum absolute atomic E-state index is 13.3. The number of amides is 1. The van der Waals surface area contributed by atoms with Crippen LogP contribution in [0.4, 0.5) is 5.69 Å². The van der Waals surface area contributed by atoms with E-state index >= 15 is 0 Å². The van der Waals surface area contributed by atoms with Crippen LogP contribution in [0.25, 0.3) is 0 Å². The van der Waals surface area contributed by atoms with Gasteiger partial charge in [-0.1, -0.05) is 11.6 Å². The topological polar surface area (TPSA) is 152 Å². The van der Waals surface area contributed by atoms with E-state index in [9.17, 15) is 28.4 Å². The van der Waals surface area contributed by atoms with Crippen LogP contribution >= 0.6 is 11.6 Å². The van der Waals surface area contributed by atoms with Crippen LogP contribution in [0.1, 0.15) is 45.5 Å². The number of nitrogens with zero attached hydrogens (tertiary/aromatic N) is 3. The molecule has 0 saturated carbocycles. The molecule has 0 radical (unpaired) electrons. The molecule has 0 spiro atoms. The van der Waals surface area contributed by atoms with Crippen LogP contribution in [-0.2, 0) is 14.8 Å². The summed E-state index contributed by atoms with van der Waals surface area (Å²) in [7, 11) is -4.21. The summed E-state index contributed by atoms with van der Waals surface area (Å²) in [5.74, 6) is -1.59. The number of carbonyl (C=O) groups excluding carboxylic acids is 2. The van der Waals surface area contributed by atoms with Crippen LogP contribution in [-0.4, -0.2) is 57.1 Å². The first kappa shape index (κ1) is 30.7. The molecule has 1 amide bonds. The van der Waals surface area contributed by atoms with Gasteiger partial charge in [-0.25, -0.2) is 0 Å². The summed E-state index contributed by atoms with van der Waals surface area (Å²) in [5.41, 5.74) is 2.23. The second-order valence-electron chi connectivity index (χ2n) is 9.93. The van der Waals surface area contributed by atoms with Gasteiger partial charge >= 0.3 is 0 Å². The number of ketones is 1. The molecule has 1 aliphatic heterocycles. The van der Waals surface area contributed by atoms with Gasteiger partial charge in [-0.3, -0.25) is 14.5 Å². The van der Waals surface area contributed by atoms with Gasteiger partial charge in [-0.05, 0) is 111 Å². The van der Waals surface area contributed by atoms with Crippen molar-refractivity contribution in [1.29, 1.82) is 5.26 Å². The Morgan fingerprint density at radius 1 is 1.10 bits per heavy atom. The second kappa shape index (κ2) is 13.2. The minimum absolute atomic E-state index is 0.0425. The van der Waals surface area contributed by atoms with E-state index in [0.717, 1.165) is 31.5 Å². The van der Waals surface area contributed by atoms with E-state index in [2.05, 4.69) is 9.71 Å². The van der Waals surface area contributed by atoms with Crippen molar-refractivity contribution in [3.8, 4) is 11.8 Å². The normalized spacial score (nSPS) is 13.9. The fraction of sp³-hybridized carbons (Fsp3) is 0.267. The Kier molecular flexibility index (Phi) is 9.63. The van der Waals surface area contributed by atoms with Crippen molar-refractivity contribution >= 4 is 44.9 Å². The van der Waals surface area contributed by atoms with Gasteiger partial charge in [0.1, 0.15) is 5.75 Å². The van der Waals surface area contributed by atoms with Gasteiger partial charge in [-0.15, -0.1) is 0 Å². The molecule has 12 heteroatoms. The third-order valence-electron chi connectivity index (χ3n) is 6.56. The molecule has 1 N–H and O–H groups in total. The maximum Gasteiger partial charge on any atom is 0.281 e. The summed E-state index contributed by atoms with van der Waals surface area (Å²) in [4.78, 5) is 27.7. The number of nitrogens with one attached hydrogen (secondary N) is 1. The molecule has 3 aromatic rings. The molecule has 0 aliphatic carbocycles. The molecule has 1 saturated heterocycles. The van der Waals surface area contributed by atoms with Crippen LogP contribution in [0.15, 0.2) is 63.9 Å². The molecule has 0 unspecified atom stereocenters. The zero-order chi connectivity index (χ0) is 30.4. The molecule has 0 atom stereocenters. The summed E-state index contributed by atoms with van der Waals surface area (Å²) in [6, 6.07) is 15.2. The van der Waals surface area contributed by atoms with E-state index < -0.39 is 34.2 Å². The molecular formula is C30H28ClN4O6S-. The predicted octanol–water partition coefficient (Wildman–Crippen LogP) is 3.62. The third kappa shape index (κ3) is 7.73. The molecular weight excluding hydrogens is 580 g/mol. The number of aryl methyl sites for hydroxylation is 2. The van der Waals surface area contributed by atoms with Crippen LogP contribution in [0.5, 0.6) is 5.75 Å². The predicted molar refractivity (Wildman–Crippen MR) is 156 cm³/mol. The average Bonchev–Trinajstić information content (AvgIpc) is 3.45. The van der Waals surface area contributed by atoms with Crippen molar-refractivity contribution in [3.05, 3.63) is 87.4 Å². The Balaban J connectivity index is 1.44. The highest BCUT2D eigenvalue weighted by Gasteiger charge is 2.19. The maximum atomic E-state index is 13.3. The molecule has 3 aromatic carbocycles. The van der Waals surface area contributed by atoms with Crippen molar-refractivity contribution in [3.63, 3.8) is 0 Å². The fourth-order valence-corrected chi connectivity index (χ4v) is 5.72. The van der Waals surface area contributed by atoms with Crippen LogP contribution in [0.2, 0.25) is 5.02 Å². The van der Waals surface area contributed by atoms with Crippen molar-refractivity contribution in [2.45, 2.75) is 31.6 Å². The molecule has 4 rings (SSSR count). The first-order chi connectivity index (χ1) is 19.9. The van der Waals surface area contributed by atoms with E-state index in [0.29, 0.717) is 21.8 Å². The van der Waals surface area contributed by atoms with Gasteiger partial charge in [0.25, 0.3) is 15.9 Å². The molecule has 0 bridgehead atoms. The molecule has 0 aromatic heterocycles. The fourth-order valence-electron chi connectivity index (χ4n) is 4.55. The lowest BCUT2D eigenvalue weighted by Gasteiger charge is -2.19. The van der Waals surface area contributed by atoms with E-state index in [4.69, 9.17) is 16.3 Å². The van der Waals surface area contributed by atoms with E-state index in [1.807, 2.05) is 11.0 Å².